The lowest BCUT2D eigenvalue weighted by Gasteiger charge is -2.10. The summed E-state index contributed by atoms with van der Waals surface area (Å²) < 4.78 is 5.74. The molecule has 2 heterocycles. The van der Waals surface area contributed by atoms with Crippen LogP contribution in [0.1, 0.15) is 18.7 Å². The van der Waals surface area contributed by atoms with E-state index in [1.807, 2.05) is 37.3 Å². The van der Waals surface area contributed by atoms with Crippen molar-refractivity contribution in [1.82, 2.24) is 9.97 Å². The maximum atomic E-state index is 10.5. The fourth-order valence-electron chi connectivity index (χ4n) is 1.97. The number of benzene rings is 1. The zero-order chi connectivity index (χ0) is 14.8. The van der Waals surface area contributed by atoms with Gasteiger partial charge in [-0.1, -0.05) is 18.2 Å². The van der Waals surface area contributed by atoms with Gasteiger partial charge in [0.1, 0.15) is 23.7 Å². The van der Waals surface area contributed by atoms with Crippen molar-refractivity contribution in [3.05, 3.63) is 58.6 Å². The molecule has 0 fully saturated rings. The Morgan fingerprint density at radius 3 is 2.67 bits per heavy atom. The quantitative estimate of drug-likeness (QED) is 0.583. The number of furan rings is 1. The largest absolute Gasteiger partial charge is 0.459 e. The van der Waals surface area contributed by atoms with E-state index in [0.29, 0.717) is 5.95 Å². The molecule has 0 amide bonds. The molecular weight excluding hydrogens is 272 g/mol. The third kappa shape index (κ3) is 2.66. The van der Waals surface area contributed by atoms with E-state index in [2.05, 4.69) is 15.3 Å². The minimum Gasteiger partial charge on any atom is -0.459 e. The van der Waals surface area contributed by atoms with Gasteiger partial charge < -0.3 is 9.73 Å². The minimum absolute atomic E-state index is 0.142. The maximum absolute atomic E-state index is 10.5. The summed E-state index contributed by atoms with van der Waals surface area (Å²) in [5.74, 6) is 1.06. The van der Waals surface area contributed by atoms with Gasteiger partial charge in [-0.3, -0.25) is 10.1 Å². The maximum Gasteiger partial charge on any atom is 0.305 e. The van der Waals surface area contributed by atoms with Gasteiger partial charge in [-0.15, -0.1) is 0 Å². The van der Waals surface area contributed by atoms with Gasteiger partial charge in [-0.25, -0.2) is 9.97 Å². The number of nitrogens with one attached hydrogen (secondary N) is 1. The van der Waals surface area contributed by atoms with Gasteiger partial charge in [0.25, 0.3) is 0 Å². The summed E-state index contributed by atoms with van der Waals surface area (Å²) in [5, 5.41) is 14.6. The molecule has 0 aliphatic rings. The highest BCUT2D eigenvalue weighted by atomic mass is 16.6. The molecule has 1 unspecified atom stereocenters. The molecule has 2 aromatic heterocycles. The molecule has 7 nitrogen and oxygen atoms in total. The Hall–Kier alpha value is -2.96. The second-order valence-electron chi connectivity index (χ2n) is 4.57. The van der Waals surface area contributed by atoms with Crippen LogP contribution < -0.4 is 5.32 Å². The molecule has 1 aromatic carbocycles. The van der Waals surface area contributed by atoms with E-state index >= 15 is 0 Å². The summed E-state index contributed by atoms with van der Waals surface area (Å²) >= 11 is 0. The van der Waals surface area contributed by atoms with Crippen molar-refractivity contribution in [1.29, 1.82) is 0 Å². The Labute approximate surface area is 119 Å². The van der Waals surface area contributed by atoms with Crippen molar-refractivity contribution >= 4 is 22.6 Å². The standard InChI is InChI=1S/C14H12N4O3/c1-9(13-6-10-4-2-3-5-12(10)21-13)17-14-15-7-11(8-16-14)18(19)20/h2-9H,1H3,(H,15,16,17). The molecule has 0 spiro atoms. The van der Waals surface area contributed by atoms with Crippen LogP contribution >= 0.6 is 0 Å². The van der Waals surface area contributed by atoms with Crippen LogP contribution in [-0.2, 0) is 0 Å². The molecule has 0 aliphatic carbocycles. The molecule has 0 bridgehead atoms. The van der Waals surface area contributed by atoms with E-state index in [-0.39, 0.29) is 11.7 Å². The fraction of sp³-hybridized carbons (Fsp3) is 0.143. The van der Waals surface area contributed by atoms with Crippen molar-refractivity contribution in [3.8, 4) is 0 Å². The number of nitro groups is 1. The van der Waals surface area contributed by atoms with Gasteiger partial charge in [-0.2, -0.15) is 0 Å². The average molecular weight is 284 g/mol. The Balaban J connectivity index is 1.78. The summed E-state index contributed by atoms with van der Waals surface area (Å²) in [6.07, 6.45) is 2.33. The second-order valence-corrected chi connectivity index (χ2v) is 4.57. The molecule has 0 aliphatic heterocycles. The van der Waals surface area contributed by atoms with Gasteiger partial charge >= 0.3 is 5.69 Å². The van der Waals surface area contributed by atoms with Crippen LogP contribution in [0.15, 0.2) is 47.1 Å². The third-order valence-electron chi connectivity index (χ3n) is 3.07. The highest BCUT2D eigenvalue weighted by molar-refractivity contribution is 5.77. The molecule has 106 valence electrons. The number of nitrogens with zero attached hydrogens (tertiary/aromatic N) is 3. The molecule has 1 N–H and O–H groups in total. The molecule has 3 aromatic rings. The van der Waals surface area contributed by atoms with Crippen LogP contribution in [0.2, 0.25) is 0 Å². The average Bonchev–Trinajstić information content (AvgIpc) is 2.92. The predicted molar refractivity (Wildman–Crippen MR) is 76.9 cm³/mol. The van der Waals surface area contributed by atoms with Crippen LogP contribution in [-0.4, -0.2) is 14.9 Å². The van der Waals surface area contributed by atoms with Crippen LogP contribution in [0.4, 0.5) is 11.6 Å². The molecule has 1 atom stereocenters. The highest BCUT2D eigenvalue weighted by Gasteiger charge is 2.13. The number of fused-ring (bicyclic) bond motifs is 1. The van der Waals surface area contributed by atoms with E-state index in [1.54, 1.807) is 0 Å². The van der Waals surface area contributed by atoms with Crippen molar-refractivity contribution in [2.45, 2.75) is 13.0 Å². The van der Waals surface area contributed by atoms with E-state index < -0.39 is 4.92 Å². The molecule has 7 heteroatoms. The van der Waals surface area contributed by atoms with Crippen molar-refractivity contribution in [2.24, 2.45) is 0 Å². The first-order valence-corrected chi connectivity index (χ1v) is 6.35. The molecular formula is C14H12N4O3. The van der Waals surface area contributed by atoms with Crippen LogP contribution in [0, 0.1) is 10.1 Å². The van der Waals surface area contributed by atoms with Gasteiger partial charge in [0.05, 0.1) is 11.0 Å². The Bertz CT molecular complexity index is 749. The monoisotopic (exact) mass is 284 g/mol. The Morgan fingerprint density at radius 1 is 1.29 bits per heavy atom. The summed E-state index contributed by atoms with van der Waals surface area (Å²) in [4.78, 5) is 17.8. The van der Waals surface area contributed by atoms with Crippen LogP contribution in [0.25, 0.3) is 11.0 Å². The van der Waals surface area contributed by atoms with E-state index in [1.165, 1.54) is 12.4 Å². The lowest BCUT2D eigenvalue weighted by atomic mass is 10.2. The number of hydrogen-bond acceptors (Lipinski definition) is 6. The number of para-hydroxylation sites is 1. The van der Waals surface area contributed by atoms with Gasteiger partial charge in [0, 0.05) is 5.39 Å². The Morgan fingerprint density at radius 2 is 2.00 bits per heavy atom. The van der Waals surface area contributed by atoms with Gasteiger partial charge in [0.2, 0.25) is 5.95 Å². The lowest BCUT2D eigenvalue weighted by Crippen LogP contribution is -2.08. The van der Waals surface area contributed by atoms with Gasteiger partial charge in [0.15, 0.2) is 0 Å². The van der Waals surface area contributed by atoms with Crippen LogP contribution in [0.3, 0.4) is 0 Å². The summed E-state index contributed by atoms with van der Waals surface area (Å²) in [6, 6.07) is 9.51. The van der Waals surface area contributed by atoms with E-state index in [9.17, 15) is 10.1 Å². The van der Waals surface area contributed by atoms with Crippen LogP contribution in [0.5, 0.6) is 0 Å². The Kier molecular flexibility index (Phi) is 3.23. The van der Waals surface area contributed by atoms with Crippen molar-refractivity contribution in [2.75, 3.05) is 5.32 Å². The number of rotatable bonds is 4. The first-order valence-electron chi connectivity index (χ1n) is 6.35. The summed E-state index contributed by atoms with van der Waals surface area (Å²) in [6.45, 7) is 1.91. The topological polar surface area (TPSA) is 94.1 Å². The smallest absolute Gasteiger partial charge is 0.305 e. The first-order chi connectivity index (χ1) is 10.1. The number of anilines is 1. The van der Waals surface area contributed by atoms with Crippen molar-refractivity contribution in [3.63, 3.8) is 0 Å². The number of hydrogen-bond donors (Lipinski definition) is 1. The molecule has 0 radical (unpaired) electrons. The van der Waals surface area contributed by atoms with Crippen molar-refractivity contribution < 1.29 is 9.34 Å². The predicted octanol–water partition coefficient (Wildman–Crippen LogP) is 3.30. The highest BCUT2D eigenvalue weighted by Crippen LogP contribution is 2.25. The first kappa shape index (κ1) is 13.0. The summed E-state index contributed by atoms with van der Waals surface area (Å²) in [7, 11) is 0. The fourth-order valence-corrected chi connectivity index (χ4v) is 1.97. The molecule has 0 saturated carbocycles. The zero-order valence-corrected chi connectivity index (χ0v) is 11.2. The second kappa shape index (κ2) is 5.20. The molecule has 3 rings (SSSR count). The van der Waals surface area contributed by atoms with E-state index in [0.717, 1.165) is 16.7 Å². The third-order valence-corrected chi connectivity index (χ3v) is 3.07. The molecule has 21 heavy (non-hydrogen) atoms. The van der Waals surface area contributed by atoms with E-state index in [4.69, 9.17) is 4.42 Å². The van der Waals surface area contributed by atoms with Gasteiger partial charge in [-0.05, 0) is 19.1 Å². The summed E-state index contributed by atoms with van der Waals surface area (Å²) in [5.41, 5.74) is 0.669. The normalized spacial score (nSPS) is 12.2. The zero-order valence-electron chi connectivity index (χ0n) is 11.2. The minimum atomic E-state index is -0.535. The SMILES string of the molecule is CC(Nc1ncc([N+](=O)[O-])cn1)c1cc2ccccc2o1. The molecule has 0 saturated heterocycles. The number of aromatic nitrogens is 2. The lowest BCUT2D eigenvalue weighted by molar-refractivity contribution is -0.385.